The lowest BCUT2D eigenvalue weighted by atomic mass is 10.1. The van der Waals surface area contributed by atoms with E-state index in [1.165, 1.54) is 59.2 Å². The van der Waals surface area contributed by atoms with Crippen LogP contribution in [0.2, 0.25) is 5.02 Å². The Kier molecular flexibility index (Phi) is 2.78. The van der Waals surface area contributed by atoms with E-state index in [9.17, 15) is 0 Å². The lowest BCUT2D eigenvalue weighted by Gasteiger charge is -2.25. The van der Waals surface area contributed by atoms with Crippen molar-refractivity contribution in [2.45, 2.75) is 25.7 Å². The minimum absolute atomic E-state index is 0.824. The van der Waals surface area contributed by atoms with Crippen molar-refractivity contribution in [1.29, 1.82) is 0 Å². The van der Waals surface area contributed by atoms with Gasteiger partial charge < -0.3 is 4.90 Å². The molecule has 0 bridgehead atoms. The summed E-state index contributed by atoms with van der Waals surface area (Å²) in [6.07, 6.45) is 4.96. The van der Waals surface area contributed by atoms with Gasteiger partial charge in [0.25, 0.3) is 0 Å². The topological polar surface area (TPSA) is 16.1 Å². The predicted octanol–water partition coefficient (Wildman–Crippen LogP) is 4.36. The summed E-state index contributed by atoms with van der Waals surface area (Å²) in [4.78, 5) is 8.73. The second-order valence-electron chi connectivity index (χ2n) is 5.29. The van der Waals surface area contributed by atoms with Gasteiger partial charge in [0.05, 0.1) is 5.69 Å². The number of thiazole rings is 1. The van der Waals surface area contributed by atoms with Gasteiger partial charge in [-0.15, -0.1) is 11.3 Å². The molecule has 98 valence electrons. The van der Waals surface area contributed by atoms with Gasteiger partial charge in [-0.1, -0.05) is 17.7 Å². The third-order valence-electron chi connectivity index (χ3n) is 3.99. The summed E-state index contributed by atoms with van der Waals surface area (Å²) in [7, 11) is 0. The van der Waals surface area contributed by atoms with Gasteiger partial charge in [0.15, 0.2) is 5.13 Å². The summed E-state index contributed by atoms with van der Waals surface area (Å²) >= 11 is 7.92. The van der Waals surface area contributed by atoms with Crippen molar-refractivity contribution in [3.63, 3.8) is 0 Å². The SMILES string of the molecule is Clc1ccc2c(c1)Cc1sc(N3CCCCC3)nc1-2. The zero-order valence-electron chi connectivity index (χ0n) is 10.7. The van der Waals surface area contributed by atoms with E-state index in [1.54, 1.807) is 0 Å². The Balaban J connectivity index is 1.71. The van der Waals surface area contributed by atoms with Crippen LogP contribution in [-0.4, -0.2) is 18.1 Å². The van der Waals surface area contributed by atoms with Gasteiger partial charge in [-0.2, -0.15) is 0 Å². The molecule has 2 aliphatic rings. The molecular formula is C15H15ClN2S. The van der Waals surface area contributed by atoms with Gasteiger partial charge in [0.2, 0.25) is 0 Å². The van der Waals surface area contributed by atoms with Gasteiger partial charge in [0, 0.05) is 35.0 Å². The third-order valence-corrected chi connectivity index (χ3v) is 5.34. The molecule has 4 heteroatoms. The first kappa shape index (κ1) is 11.7. The molecule has 1 fully saturated rings. The maximum absolute atomic E-state index is 6.06. The first-order chi connectivity index (χ1) is 9.31. The van der Waals surface area contributed by atoms with Crippen molar-refractivity contribution in [1.82, 2.24) is 4.98 Å². The average Bonchev–Trinajstić information content (AvgIpc) is 2.96. The molecule has 0 unspecified atom stereocenters. The highest BCUT2D eigenvalue weighted by atomic mass is 35.5. The summed E-state index contributed by atoms with van der Waals surface area (Å²) < 4.78 is 0. The first-order valence-corrected chi connectivity index (χ1v) is 8.04. The molecule has 0 radical (unpaired) electrons. The van der Waals surface area contributed by atoms with E-state index in [0.717, 1.165) is 11.4 Å². The molecule has 4 rings (SSSR count). The quantitative estimate of drug-likeness (QED) is 0.662. The van der Waals surface area contributed by atoms with Gasteiger partial charge >= 0.3 is 0 Å². The molecule has 0 spiro atoms. The molecule has 2 nitrogen and oxygen atoms in total. The van der Waals surface area contributed by atoms with Crippen molar-refractivity contribution in [2.75, 3.05) is 18.0 Å². The van der Waals surface area contributed by atoms with Crippen molar-refractivity contribution < 1.29 is 0 Å². The Morgan fingerprint density at radius 3 is 2.84 bits per heavy atom. The number of fused-ring (bicyclic) bond motifs is 3. The summed E-state index contributed by atoms with van der Waals surface area (Å²) in [6.45, 7) is 2.33. The summed E-state index contributed by atoms with van der Waals surface area (Å²) in [5, 5.41) is 2.04. The fourth-order valence-corrected chi connectivity index (χ4v) is 4.35. The zero-order valence-corrected chi connectivity index (χ0v) is 12.2. The van der Waals surface area contributed by atoms with Gasteiger partial charge in [-0.05, 0) is 37.0 Å². The smallest absolute Gasteiger partial charge is 0.186 e. The molecule has 1 aromatic carbocycles. The minimum Gasteiger partial charge on any atom is -0.348 e. The van der Waals surface area contributed by atoms with E-state index < -0.39 is 0 Å². The number of hydrogen-bond acceptors (Lipinski definition) is 3. The monoisotopic (exact) mass is 290 g/mol. The normalized spacial score (nSPS) is 17.4. The number of aromatic nitrogens is 1. The Morgan fingerprint density at radius 2 is 2.00 bits per heavy atom. The zero-order chi connectivity index (χ0) is 12.8. The number of halogens is 1. The second kappa shape index (κ2) is 4.50. The number of hydrogen-bond donors (Lipinski definition) is 0. The largest absolute Gasteiger partial charge is 0.348 e. The highest BCUT2D eigenvalue weighted by molar-refractivity contribution is 7.16. The van der Waals surface area contributed by atoms with Gasteiger partial charge in [-0.3, -0.25) is 0 Å². The minimum atomic E-state index is 0.824. The molecule has 2 aromatic rings. The Labute approximate surface area is 122 Å². The summed E-state index contributed by atoms with van der Waals surface area (Å²) in [5.41, 5.74) is 3.79. The molecule has 0 amide bonds. The third kappa shape index (κ3) is 1.96. The van der Waals surface area contributed by atoms with Crippen LogP contribution in [0.3, 0.4) is 0 Å². The summed E-state index contributed by atoms with van der Waals surface area (Å²) in [6, 6.07) is 6.16. The molecule has 1 aliphatic heterocycles. The Bertz CT molecular complexity index is 629. The van der Waals surface area contributed by atoms with E-state index in [-0.39, 0.29) is 0 Å². The van der Waals surface area contributed by atoms with Crippen LogP contribution in [0.5, 0.6) is 0 Å². The Morgan fingerprint density at radius 1 is 1.16 bits per heavy atom. The van der Waals surface area contributed by atoms with Crippen LogP contribution in [-0.2, 0) is 6.42 Å². The first-order valence-electron chi connectivity index (χ1n) is 6.85. The molecule has 1 saturated heterocycles. The highest BCUT2D eigenvalue weighted by Crippen LogP contribution is 2.43. The van der Waals surface area contributed by atoms with Crippen LogP contribution in [0.25, 0.3) is 11.3 Å². The van der Waals surface area contributed by atoms with Crippen LogP contribution < -0.4 is 4.90 Å². The fraction of sp³-hybridized carbons (Fsp3) is 0.400. The van der Waals surface area contributed by atoms with E-state index in [0.29, 0.717) is 0 Å². The highest BCUT2D eigenvalue weighted by Gasteiger charge is 2.25. The van der Waals surface area contributed by atoms with Crippen LogP contribution in [0, 0.1) is 0 Å². The van der Waals surface area contributed by atoms with Crippen molar-refractivity contribution in [3.8, 4) is 11.3 Å². The van der Waals surface area contributed by atoms with Crippen LogP contribution in [0.1, 0.15) is 29.7 Å². The molecule has 0 saturated carbocycles. The lowest BCUT2D eigenvalue weighted by molar-refractivity contribution is 0.577. The molecule has 1 aromatic heterocycles. The van der Waals surface area contributed by atoms with E-state index in [4.69, 9.17) is 16.6 Å². The molecule has 19 heavy (non-hydrogen) atoms. The van der Waals surface area contributed by atoms with Gasteiger partial charge in [0.1, 0.15) is 0 Å². The summed E-state index contributed by atoms with van der Waals surface area (Å²) in [5.74, 6) is 0. The number of piperidine rings is 1. The van der Waals surface area contributed by atoms with E-state index >= 15 is 0 Å². The maximum atomic E-state index is 6.06. The van der Waals surface area contributed by atoms with Crippen molar-refractivity contribution >= 4 is 28.1 Å². The van der Waals surface area contributed by atoms with Crippen molar-refractivity contribution in [3.05, 3.63) is 33.7 Å². The molecule has 0 N–H and O–H groups in total. The predicted molar refractivity (Wildman–Crippen MR) is 81.4 cm³/mol. The average molecular weight is 291 g/mol. The van der Waals surface area contributed by atoms with Crippen LogP contribution in [0.15, 0.2) is 18.2 Å². The van der Waals surface area contributed by atoms with Gasteiger partial charge in [-0.25, -0.2) is 4.98 Å². The second-order valence-corrected chi connectivity index (χ2v) is 6.79. The number of benzene rings is 1. The maximum Gasteiger partial charge on any atom is 0.186 e. The van der Waals surface area contributed by atoms with Crippen LogP contribution in [0.4, 0.5) is 5.13 Å². The molecule has 0 atom stereocenters. The van der Waals surface area contributed by atoms with E-state index in [1.807, 2.05) is 17.4 Å². The number of nitrogens with zero attached hydrogens (tertiary/aromatic N) is 2. The standard InChI is InChI=1S/C15H15ClN2S/c16-11-4-5-12-10(8-11)9-13-14(12)17-15(19-13)18-6-2-1-3-7-18/h4-5,8H,1-3,6-7,9H2. The lowest BCUT2D eigenvalue weighted by Crippen LogP contribution is -2.29. The van der Waals surface area contributed by atoms with E-state index in [2.05, 4.69) is 17.0 Å². The number of rotatable bonds is 1. The number of anilines is 1. The van der Waals surface area contributed by atoms with Crippen molar-refractivity contribution in [2.24, 2.45) is 0 Å². The van der Waals surface area contributed by atoms with Crippen LogP contribution >= 0.6 is 22.9 Å². The fourth-order valence-electron chi connectivity index (χ4n) is 3.00. The molecular weight excluding hydrogens is 276 g/mol. The molecule has 1 aliphatic carbocycles. The molecule has 2 heterocycles. The Hall–Kier alpha value is -1.06.